The molecule has 0 spiro atoms. The Morgan fingerprint density at radius 3 is 2.78 bits per heavy atom. The second-order valence-corrected chi connectivity index (χ2v) is 7.81. The van der Waals surface area contributed by atoms with Crippen LogP contribution in [0, 0.1) is 0 Å². The van der Waals surface area contributed by atoms with Gasteiger partial charge in [0.25, 0.3) is 0 Å². The van der Waals surface area contributed by atoms with Crippen molar-refractivity contribution < 1.29 is 10.2 Å². The third-order valence-electron chi connectivity index (χ3n) is 5.44. The number of aliphatic hydroxyl groups is 2. The molecule has 0 aliphatic heterocycles. The van der Waals surface area contributed by atoms with Crippen molar-refractivity contribution >= 4 is 29.4 Å². The summed E-state index contributed by atoms with van der Waals surface area (Å²) >= 11 is 0. The van der Waals surface area contributed by atoms with Crippen molar-refractivity contribution in [3.8, 4) is 0 Å². The highest BCUT2D eigenvalue weighted by atomic mass is 16.3. The topological polar surface area (TPSA) is 144 Å². The SMILES string of the molecule is CNC/C=N\Nc1cccc(Nc2nc(N(CCO)C3CCCCC3)ncc2C(N)O)c1. The summed E-state index contributed by atoms with van der Waals surface area (Å²) < 4.78 is 0. The predicted octanol–water partition coefficient (Wildman–Crippen LogP) is 1.92. The summed E-state index contributed by atoms with van der Waals surface area (Å²) in [5, 5.41) is 30.1. The third kappa shape index (κ3) is 6.60. The molecule has 1 aromatic carbocycles. The van der Waals surface area contributed by atoms with Gasteiger partial charge in [-0.15, -0.1) is 0 Å². The summed E-state index contributed by atoms with van der Waals surface area (Å²) in [6.45, 7) is 1.14. The Kier molecular flexibility index (Phi) is 9.17. The van der Waals surface area contributed by atoms with E-state index in [1.807, 2.05) is 31.3 Å². The lowest BCUT2D eigenvalue weighted by molar-refractivity contribution is 0.186. The van der Waals surface area contributed by atoms with E-state index in [-0.39, 0.29) is 6.61 Å². The summed E-state index contributed by atoms with van der Waals surface area (Å²) in [5.41, 5.74) is 10.7. The van der Waals surface area contributed by atoms with E-state index in [1.165, 1.54) is 6.42 Å². The maximum atomic E-state index is 10.1. The maximum Gasteiger partial charge on any atom is 0.227 e. The van der Waals surface area contributed by atoms with Crippen molar-refractivity contribution in [3.05, 3.63) is 36.0 Å². The predicted molar refractivity (Wildman–Crippen MR) is 128 cm³/mol. The highest BCUT2D eigenvalue weighted by Gasteiger charge is 2.24. The number of hydrogen-bond acceptors (Lipinski definition) is 10. The van der Waals surface area contributed by atoms with Gasteiger partial charge < -0.3 is 31.5 Å². The molecule has 7 N–H and O–H groups in total. The average molecular weight is 443 g/mol. The first-order valence-corrected chi connectivity index (χ1v) is 11.1. The van der Waals surface area contributed by atoms with Crippen LogP contribution >= 0.6 is 0 Å². The number of nitrogens with zero attached hydrogens (tertiary/aromatic N) is 4. The van der Waals surface area contributed by atoms with Gasteiger partial charge in [0.05, 0.1) is 17.9 Å². The number of nitrogens with one attached hydrogen (secondary N) is 3. The lowest BCUT2D eigenvalue weighted by Crippen LogP contribution is -2.40. The Balaban J connectivity index is 1.84. The highest BCUT2D eigenvalue weighted by Crippen LogP contribution is 2.29. The molecule has 0 bridgehead atoms. The second kappa shape index (κ2) is 12.3. The fourth-order valence-electron chi connectivity index (χ4n) is 3.84. The van der Waals surface area contributed by atoms with Crippen LogP contribution in [-0.4, -0.2) is 59.2 Å². The van der Waals surface area contributed by atoms with Gasteiger partial charge in [0.2, 0.25) is 5.95 Å². The number of nitrogens with two attached hydrogens (primary N) is 1. The molecule has 1 aromatic heterocycles. The van der Waals surface area contributed by atoms with E-state index in [0.717, 1.165) is 37.1 Å². The molecular formula is C22H34N8O2. The van der Waals surface area contributed by atoms with Crippen molar-refractivity contribution in [2.24, 2.45) is 10.8 Å². The van der Waals surface area contributed by atoms with Crippen LogP contribution in [0.1, 0.15) is 43.9 Å². The fourth-order valence-corrected chi connectivity index (χ4v) is 3.84. The molecule has 0 saturated heterocycles. The van der Waals surface area contributed by atoms with Crippen LogP contribution < -0.4 is 26.7 Å². The molecule has 1 aliphatic carbocycles. The molecule has 2 aromatic rings. The number of aliphatic hydroxyl groups excluding tert-OH is 2. The normalized spacial score (nSPS) is 15.6. The first kappa shape index (κ1) is 23.9. The molecule has 1 saturated carbocycles. The molecule has 1 fully saturated rings. The minimum absolute atomic E-state index is 0.0195. The first-order chi connectivity index (χ1) is 15.6. The van der Waals surface area contributed by atoms with Gasteiger partial charge in [0, 0.05) is 37.2 Å². The standard InChI is InChI=1S/C22H34N8O2/c1-24-10-11-26-29-17-7-5-6-16(14-17)27-21-19(20(23)32)15-25-22(28-21)30(12-13-31)18-8-3-2-4-9-18/h5-7,11,14-15,18,20,24,29,31-32H,2-4,8-10,12-13,23H2,1H3,(H,25,27,28)/b26-11-. The molecule has 1 unspecified atom stereocenters. The quantitative estimate of drug-likeness (QED) is 0.175. The number of aromatic nitrogens is 2. The molecule has 10 nitrogen and oxygen atoms in total. The zero-order chi connectivity index (χ0) is 22.8. The number of anilines is 4. The van der Waals surface area contributed by atoms with Crippen LogP contribution in [0.4, 0.5) is 23.1 Å². The molecule has 32 heavy (non-hydrogen) atoms. The van der Waals surface area contributed by atoms with Crippen LogP contribution in [0.2, 0.25) is 0 Å². The Bertz CT molecular complexity index is 871. The minimum atomic E-state index is -1.22. The third-order valence-corrected chi connectivity index (χ3v) is 5.44. The Hall–Kier alpha value is -2.79. The van der Waals surface area contributed by atoms with Crippen molar-refractivity contribution in [2.45, 2.75) is 44.4 Å². The lowest BCUT2D eigenvalue weighted by Gasteiger charge is -2.34. The average Bonchev–Trinajstić information content (AvgIpc) is 2.81. The zero-order valence-corrected chi connectivity index (χ0v) is 18.5. The van der Waals surface area contributed by atoms with Crippen LogP contribution in [-0.2, 0) is 0 Å². The number of benzene rings is 1. The molecule has 3 rings (SSSR count). The van der Waals surface area contributed by atoms with Crippen molar-refractivity contribution in [2.75, 3.05) is 42.4 Å². The summed E-state index contributed by atoms with van der Waals surface area (Å²) in [6, 6.07) is 7.86. The van der Waals surface area contributed by atoms with E-state index >= 15 is 0 Å². The largest absolute Gasteiger partial charge is 0.395 e. The van der Waals surface area contributed by atoms with E-state index < -0.39 is 6.23 Å². The van der Waals surface area contributed by atoms with E-state index in [1.54, 1.807) is 12.4 Å². The lowest BCUT2D eigenvalue weighted by atomic mass is 9.94. The van der Waals surface area contributed by atoms with E-state index in [9.17, 15) is 10.2 Å². The van der Waals surface area contributed by atoms with Gasteiger partial charge in [0.15, 0.2) is 0 Å². The Labute approximate surface area is 189 Å². The highest BCUT2D eigenvalue weighted by molar-refractivity contribution is 5.66. The second-order valence-electron chi connectivity index (χ2n) is 7.81. The van der Waals surface area contributed by atoms with Crippen molar-refractivity contribution in [3.63, 3.8) is 0 Å². The van der Waals surface area contributed by atoms with Gasteiger partial charge in [0.1, 0.15) is 12.0 Å². The van der Waals surface area contributed by atoms with Crippen LogP contribution in [0.25, 0.3) is 0 Å². The van der Waals surface area contributed by atoms with Gasteiger partial charge in [-0.2, -0.15) is 10.1 Å². The monoisotopic (exact) mass is 442 g/mol. The molecule has 0 amide bonds. The minimum Gasteiger partial charge on any atom is -0.395 e. The van der Waals surface area contributed by atoms with Crippen LogP contribution in [0.15, 0.2) is 35.6 Å². The molecule has 10 heteroatoms. The molecule has 1 atom stereocenters. The van der Waals surface area contributed by atoms with Crippen LogP contribution in [0.5, 0.6) is 0 Å². The molecule has 1 heterocycles. The fraction of sp³-hybridized carbons (Fsp3) is 0.500. The molecule has 174 valence electrons. The van der Waals surface area contributed by atoms with Crippen molar-refractivity contribution in [1.82, 2.24) is 15.3 Å². The number of hydrogen-bond donors (Lipinski definition) is 6. The zero-order valence-electron chi connectivity index (χ0n) is 18.5. The molecule has 0 radical (unpaired) electrons. The first-order valence-electron chi connectivity index (χ1n) is 11.1. The summed E-state index contributed by atoms with van der Waals surface area (Å²) in [6.07, 6.45) is 7.72. The number of rotatable bonds is 11. The summed E-state index contributed by atoms with van der Waals surface area (Å²) in [5.74, 6) is 0.948. The van der Waals surface area contributed by atoms with Gasteiger partial charge in [-0.3, -0.25) is 5.43 Å². The van der Waals surface area contributed by atoms with Gasteiger partial charge in [-0.05, 0) is 38.1 Å². The van der Waals surface area contributed by atoms with E-state index in [0.29, 0.717) is 36.5 Å². The summed E-state index contributed by atoms with van der Waals surface area (Å²) in [7, 11) is 1.85. The van der Waals surface area contributed by atoms with E-state index in [4.69, 9.17) is 10.7 Å². The molecule has 1 aliphatic rings. The van der Waals surface area contributed by atoms with E-state index in [2.05, 4.69) is 31.0 Å². The smallest absolute Gasteiger partial charge is 0.227 e. The van der Waals surface area contributed by atoms with Gasteiger partial charge >= 0.3 is 0 Å². The Morgan fingerprint density at radius 1 is 1.28 bits per heavy atom. The maximum absolute atomic E-state index is 10.1. The van der Waals surface area contributed by atoms with Gasteiger partial charge in [-0.25, -0.2) is 4.98 Å². The van der Waals surface area contributed by atoms with Gasteiger partial charge in [-0.1, -0.05) is 25.3 Å². The van der Waals surface area contributed by atoms with Crippen molar-refractivity contribution in [1.29, 1.82) is 0 Å². The Morgan fingerprint density at radius 2 is 2.06 bits per heavy atom. The van der Waals surface area contributed by atoms with Crippen LogP contribution in [0.3, 0.4) is 0 Å². The number of hydrazone groups is 1. The summed E-state index contributed by atoms with van der Waals surface area (Å²) in [4.78, 5) is 11.2. The molecular weight excluding hydrogens is 408 g/mol.